The van der Waals surface area contributed by atoms with Crippen LogP contribution in [0.15, 0.2) is 18.6 Å². The van der Waals surface area contributed by atoms with Crippen LogP contribution < -0.4 is 0 Å². The van der Waals surface area contributed by atoms with Gasteiger partial charge >= 0.3 is 0 Å². The van der Waals surface area contributed by atoms with Gasteiger partial charge < -0.3 is 0 Å². The van der Waals surface area contributed by atoms with E-state index in [1.54, 1.807) is 12.4 Å². The molecule has 1 aromatic rings. The average molecular weight is 205 g/mol. The van der Waals surface area contributed by atoms with Gasteiger partial charge in [0.05, 0.1) is 17.4 Å². The van der Waals surface area contributed by atoms with Crippen molar-refractivity contribution in [2.24, 2.45) is 0 Å². The lowest BCUT2D eigenvalue weighted by atomic mass is 9.78. The van der Waals surface area contributed by atoms with Gasteiger partial charge in [0, 0.05) is 12.4 Å². The minimum Gasteiger partial charge on any atom is -0.298 e. The first-order valence-electron chi connectivity index (χ1n) is 5.70. The van der Waals surface area contributed by atoms with Crippen molar-refractivity contribution in [2.75, 3.05) is 14.1 Å². The van der Waals surface area contributed by atoms with E-state index in [4.69, 9.17) is 0 Å². The Hall–Kier alpha value is -0.960. The third-order valence-electron chi connectivity index (χ3n) is 3.58. The second kappa shape index (κ2) is 4.27. The van der Waals surface area contributed by atoms with E-state index in [1.807, 2.05) is 6.20 Å². The molecule has 1 fully saturated rings. The lowest BCUT2D eigenvalue weighted by molar-refractivity contribution is 0.0937. The summed E-state index contributed by atoms with van der Waals surface area (Å²) in [6.45, 7) is 0. The maximum Gasteiger partial charge on any atom is 0.0789 e. The van der Waals surface area contributed by atoms with Crippen molar-refractivity contribution in [3.8, 4) is 0 Å². The summed E-state index contributed by atoms with van der Waals surface area (Å²) < 4.78 is 0. The van der Waals surface area contributed by atoms with Gasteiger partial charge in [-0.25, -0.2) is 0 Å². The number of hydrogen-bond donors (Lipinski definition) is 0. The molecule has 0 radical (unpaired) electrons. The Kier molecular flexibility index (Phi) is 3.00. The molecule has 0 spiro atoms. The van der Waals surface area contributed by atoms with Crippen molar-refractivity contribution in [2.45, 2.75) is 37.6 Å². The second-order valence-corrected chi connectivity index (χ2v) is 4.58. The Balaban J connectivity index is 2.34. The summed E-state index contributed by atoms with van der Waals surface area (Å²) in [4.78, 5) is 11.0. The Bertz CT molecular complexity index is 302. The molecule has 15 heavy (non-hydrogen) atoms. The third-order valence-corrected chi connectivity index (χ3v) is 3.58. The standard InChI is InChI=1S/C12H19N3/c1-15(2)12(6-4-3-5-7-12)11-10-13-8-9-14-11/h8-10H,3-7H2,1-2H3. The SMILES string of the molecule is CN(C)C1(c2cnccn2)CCCCC1. The zero-order valence-electron chi connectivity index (χ0n) is 9.61. The Morgan fingerprint density at radius 3 is 2.40 bits per heavy atom. The molecule has 1 aliphatic rings. The van der Waals surface area contributed by atoms with Crippen LogP contribution in [0.4, 0.5) is 0 Å². The molecule has 0 N–H and O–H groups in total. The highest BCUT2D eigenvalue weighted by atomic mass is 15.2. The summed E-state index contributed by atoms with van der Waals surface area (Å²) in [7, 11) is 4.31. The van der Waals surface area contributed by atoms with Crippen LogP contribution in [-0.2, 0) is 5.54 Å². The van der Waals surface area contributed by atoms with Crippen LogP contribution in [-0.4, -0.2) is 29.0 Å². The van der Waals surface area contributed by atoms with Gasteiger partial charge in [-0.1, -0.05) is 19.3 Å². The van der Waals surface area contributed by atoms with E-state index >= 15 is 0 Å². The molecule has 0 aromatic carbocycles. The molecule has 82 valence electrons. The summed E-state index contributed by atoms with van der Waals surface area (Å²) in [5.41, 5.74) is 1.27. The monoisotopic (exact) mass is 205 g/mol. The average Bonchev–Trinajstić information content (AvgIpc) is 2.31. The summed E-state index contributed by atoms with van der Waals surface area (Å²) in [6.07, 6.45) is 11.8. The molecule has 3 nitrogen and oxygen atoms in total. The normalized spacial score (nSPS) is 20.5. The van der Waals surface area contributed by atoms with Gasteiger partial charge in [0.25, 0.3) is 0 Å². The molecular weight excluding hydrogens is 186 g/mol. The first kappa shape index (κ1) is 10.6. The molecule has 1 saturated carbocycles. The molecule has 1 heterocycles. The van der Waals surface area contributed by atoms with Crippen molar-refractivity contribution in [3.63, 3.8) is 0 Å². The van der Waals surface area contributed by atoms with Gasteiger partial charge in [-0.3, -0.25) is 14.9 Å². The fourth-order valence-corrected chi connectivity index (χ4v) is 2.61. The van der Waals surface area contributed by atoms with Crippen LogP contribution in [0.5, 0.6) is 0 Å². The van der Waals surface area contributed by atoms with E-state index in [1.165, 1.54) is 32.1 Å². The van der Waals surface area contributed by atoms with Crippen LogP contribution in [0.2, 0.25) is 0 Å². The molecule has 3 heteroatoms. The van der Waals surface area contributed by atoms with E-state index in [0.29, 0.717) is 0 Å². The number of rotatable bonds is 2. The fraction of sp³-hybridized carbons (Fsp3) is 0.667. The lowest BCUT2D eigenvalue weighted by Crippen LogP contribution is -2.43. The van der Waals surface area contributed by atoms with E-state index in [2.05, 4.69) is 29.0 Å². The van der Waals surface area contributed by atoms with E-state index in [0.717, 1.165) is 5.69 Å². The van der Waals surface area contributed by atoms with Gasteiger partial charge in [0.1, 0.15) is 0 Å². The second-order valence-electron chi connectivity index (χ2n) is 4.58. The molecule has 0 unspecified atom stereocenters. The van der Waals surface area contributed by atoms with Gasteiger partial charge in [-0.05, 0) is 26.9 Å². The maximum absolute atomic E-state index is 4.49. The van der Waals surface area contributed by atoms with Gasteiger partial charge in [-0.2, -0.15) is 0 Å². The van der Waals surface area contributed by atoms with Crippen molar-refractivity contribution >= 4 is 0 Å². The Morgan fingerprint density at radius 1 is 1.13 bits per heavy atom. The van der Waals surface area contributed by atoms with E-state index in [-0.39, 0.29) is 5.54 Å². The third kappa shape index (κ3) is 1.88. The Morgan fingerprint density at radius 2 is 1.87 bits per heavy atom. The van der Waals surface area contributed by atoms with Crippen molar-refractivity contribution in [1.82, 2.24) is 14.9 Å². The lowest BCUT2D eigenvalue weighted by Gasteiger charge is -2.42. The molecule has 0 atom stereocenters. The van der Waals surface area contributed by atoms with Crippen molar-refractivity contribution in [3.05, 3.63) is 24.3 Å². The van der Waals surface area contributed by atoms with E-state index < -0.39 is 0 Å². The van der Waals surface area contributed by atoms with E-state index in [9.17, 15) is 0 Å². The predicted molar refractivity (Wildman–Crippen MR) is 60.5 cm³/mol. The van der Waals surface area contributed by atoms with Gasteiger partial charge in [-0.15, -0.1) is 0 Å². The number of hydrogen-bond acceptors (Lipinski definition) is 3. The molecule has 0 aliphatic heterocycles. The zero-order chi connectivity index (χ0) is 10.7. The van der Waals surface area contributed by atoms with Crippen LogP contribution in [0.1, 0.15) is 37.8 Å². The Labute approximate surface area is 91.5 Å². The highest BCUT2D eigenvalue weighted by molar-refractivity contribution is 5.12. The molecule has 1 aliphatic carbocycles. The minimum atomic E-state index is 0.131. The van der Waals surface area contributed by atoms with Crippen LogP contribution >= 0.6 is 0 Å². The van der Waals surface area contributed by atoms with Gasteiger partial charge in [0.2, 0.25) is 0 Å². The summed E-state index contributed by atoms with van der Waals surface area (Å²) in [5, 5.41) is 0. The molecular formula is C12H19N3. The minimum absolute atomic E-state index is 0.131. The first-order valence-corrected chi connectivity index (χ1v) is 5.70. The van der Waals surface area contributed by atoms with Crippen LogP contribution in [0, 0.1) is 0 Å². The zero-order valence-corrected chi connectivity index (χ0v) is 9.61. The van der Waals surface area contributed by atoms with Gasteiger partial charge in [0.15, 0.2) is 0 Å². The summed E-state index contributed by atoms with van der Waals surface area (Å²) in [5.74, 6) is 0. The number of aromatic nitrogens is 2. The molecule has 1 aromatic heterocycles. The smallest absolute Gasteiger partial charge is 0.0789 e. The quantitative estimate of drug-likeness (QED) is 0.741. The fourth-order valence-electron chi connectivity index (χ4n) is 2.61. The van der Waals surface area contributed by atoms with Crippen molar-refractivity contribution in [1.29, 1.82) is 0 Å². The largest absolute Gasteiger partial charge is 0.298 e. The van der Waals surface area contributed by atoms with Crippen molar-refractivity contribution < 1.29 is 0 Å². The highest BCUT2D eigenvalue weighted by Gasteiger charge is 2.37. The maximum atomic E-state index is 4.49. The van der Waals surface area contributed by atoms with Crippen LogP contribution in [0.3, 0.4) is 0 Å². The molecule has 2 rings (SSSR count). The molecule has 0 saturated heterocycles. The van der Waals surface area contributed by atoms with Crippen LogP contribution in [0.25, 0.3) is 0 Å². The summed E-state index contributed by atoms with van der Waals surface area (Å²) in [6, 6.07) is 0. The number of nitrogens with zero attached hydrogens (tertiary/aromatic N) is 3. The molecule has 0 bridgehead atoms. The first-order chi connectivity index (χ1) is 7.26. The topological polar surface area (TPSA) is 29.0 Å². The summed E-state index contributed by atoms with van der Waals surface area (Å²) >= 11 is 0. The highest BCUT2D eigenvalue weighted by Crippen LogP contribution is 2.39. The molecule has 0 amide bonds. The predicted octanol–water partition coefficient (Wildman–Crippen LogP) is 2.20.